The highest BCUT2D eigenvalue weighted by molar-refractivity contribution is 6.37. The Kier molecular flexibility index (Phi) is 8.60. The zero-order valence-corrected chi connectivity index (χ0v) is 20.3. The first-order chi connectivity index (χ1) is 15.8. The van der Waals surface area contributed by atoms with Crippen LogP contribution in [0.4, 0.5) is 0 Å². The number of benzene rings is 2. The van der Waals surface area contributed by atoms with Crippen LogP contribution < -0.4 is 0 Å². The normalized spacial score (nSPS) is 16.5. The van der Waals surface area contributed by atoms with E-state index in [0.29, 0.717) is 13.0 Å². The molecule has 0 spiro atoms. The quantitative estimate of drug-likeness (QED) is 0.276. The number of aryl methyl sites for hydroxylation is 1. The number of piperidine rings is 1. The monoisotopic (exact) mass is 447 g/mol. The smallest absolute Gasteiger partial charge is 0.290 e. The van der Waals surface area contributed by atoms with E-state index in [-0.39, 0.29) is 23.5 Å². The molecular formula is C29H37NO3. The van der Waals surface area contributed by atoms with E-state index >= 15 is 0 Å². The number of hydrogen-bond donors (Lipinski definition) is 0. The maximum Gasteiger partial charge on any atom is 0.290 e. The summed E-state index contributed by atoms with van der Waals surface area (Å²) < 4.78 is 0. The molecule has 1 heterocycles. The number of carbonyl (C=O) groups excluding carboxylic acids is 3. The molecule has 0 N–H and O–H groups in total. The van der Waals surface area contributed by atoms with Gasteiger partial charge in [0.15, 0.2) is 5.78 Å². The van der Waals surface area contributed by atoms with Crippen molar-refractivity contribution in [2.45, 2.75) is 78.2 Å². The van der Waals surface area contributed by atoms with Gasteiger partial charge in [0.05, 0.1) is 0 Å². The molecule has 0 aromatic heterocycles. The second kappa shape index (κ2) is 11.4. The molecule has 1 aliphatic heterocycles. The summed E-state index contributed by atoms with van der Waals surface area (Å²) in [5, 5.41) is 0. The van der Waals surface area contributed by atoms with E-state index in [1.807, 2.05) is 68.1 Å². The number of Topliss-reactive ketones (excluding diaryl/α,β-unsaturated/α-hetero) is 2. The van der Waals surface area contributed by atoms with Crippen molar-refractivity contribution in [3.05, 3.63) is 71.3 Å². The summed E-state index contributed by atoms with van der Waals surface area (Å²) in [4.78, 5) is 39.6. The van der Waals surface area contributed by atoms with Crippen LogP contribution in [0.1, 0.15) is 80.8 Å². The first-order valence-corrected chi connectivity index (χ1v) is 12.3. The van der Waals surface area contributed by atoms with Gasteiger partial charge in [0.25, 0.3) is 5.91 Å². The average molecular weight is 448 g/mol. The highest BCUT2D eigenvalue weighted by Gasteiger charge is 2.35. The Bertz CT molecular complexity index is 941. The van der Waals surface area contributed by atoms with Crippen molar-refractivity contribution in [2.75, 3.05) is 6.54 Å². The molecule has 4 nitrogen and oxygen atoms in total. The third-order valence-corrected chi connectivity index (χ3v) is 6.50. The van der Waals surface area contributed by atoms with Crippen molar-refractivity contribution < 1.29 is 14.4 Å². The molecule has 1 amide bonds. The number of amides is 1. The summed E-state index contributed by atoms with van der Waals surface area (Å²) in [6, 6.07) is 18.0. The number of hydrogen-bond acceptors (Lipinski definition) is 3. The molecule has 2 aromatic rings. The fourth-order valence-electron chi connectivity index (χ4n) is 4.47. The van der Waals surface area contributed by atoms with Crippen molar-refractivity contribution >= 4 is 17.5 Å². The SMILES string of the molecule is CC(C)(C)C(=O)C(=O)N1CCCCC1CCCCc1ccc(C(=O)Cc2ccccc2)cc1. The van der Waals surface area contributed by atoms with Crippen molar-refractivity contribution in [3.63, 3.8) is 0 Å². The molecule has 1 fully saturated rings. The third-order valence-electron chi connectivity index (χ3n) is 6.50. The first-order valence-electron chi connectivity index (χ1n) is 12.3. The van der Waals surface area contributed by atoms with Gasteiger partial charge in [-0.05, 0) is 49.7 Å². The lowest BCUT2D eigenvalue weighted by atomic mass is 9.88. The molecule has 1 saturated heterocycles. The van der Waals surface area contributed by atoms with Gasteiger partial charge in [0, 0.05) is 30.0 Å². The molecule has 3 rings (SSSR count). The van der Waals surface area contributed by atoms with Crippen molar-refractivity contribution in [3.8, 4) is 0 Å². The van der Waals surface area contributed by atoms with Gasteiger partial charge in [-0.15, -0.1) is 0 Å². The number of unbranched alkanes of at least 4 members (excludes halogenated alkanes) is 1. The van der Waals surface area contributed by atoms with E-state index in [1.54, 1.807) is 0 Å². The minimum atomic E-state index is -0.631. The molecule has 0 aliphatic carbocycles. The fourth-order valence-corrected chi connectivity index (χ4v) is 4.47. The topological polar surface area (TPSA) is 54.5 Å². The van der Waals surface area contributed by atoms with E-state index < -0.39 is 5.41 Å². The zero-order chi connectivity index (χ0) is 23.8. The van der Waals surface area contributed by atoms with Crippen LogP contribution in [0, 0.1) is 5.41 Å². The number of nitrogens with zero attached hydrogens (tertiary/aromatic N) is 1. The van der Waals surface area contributed by atoms with Crippen molar-refractivity contribution in [1.82, 2.24) is 4.90 Å². The lowest BCUT2D eigenvalue weighted by Gasteiger charge is -2.36. The Balaban J connectivity index is 1.46. The molecule has 1 unspecified atom stereocenters. The summed E-state index contributed by atoms with van der Waals surface area (Å²) >= 11 is 0. The first kappa shape index (κ1) is 24.9. The average Bonchev–Trinajstić information content (AvgIpc) is 2.81. The van der Waals surface area contributed by atoms with E-state index in [1.165, 1.54) is 5.56 Å². The second-order valence-corrected chi connectivity index (χ2v) is 10.3. The molecule has 1 atom stereocenters. The summed E-state index contributed by atoms with van der Waals surface area (Å²) in [5.74, 6) is -0.445. The molecule has 33 heavy (non-hydrogen) atoms. The van der Waals surface area contributed by atoms with Gasteiger partial charge < -0.3 is 4.90 Å². The maximum absolute atomic E-state index is 12.8. The van der Waals surface area contributed by atoms with Gasteiger partial charge >= 0.3 is 0 Å². The third kappa shape index (κ3) is 7.12. The minimum absolute atomic E-state index is 0.139. The lowest BCUT2D eigenvalue weighted by molar-refractivity contribution is -0.151. The van der Waals surface area contributed by atoms with E-state index in [9.17, 15) is 14.4 Å². The van der Waals surface area contributed by atoms with Crippen molar-refractivity contribution in [2.24, 2.45) is 5.41 Å². The summed E-state index contributed by atoms with van der Waals surface area (Å²) in [5.41, 5.74) is 2.38. The fraction of sp³-hybridized carbons (Fsp3) is 0.483. The zero-order valence-electron chi connectivity index (χ0n) is 20.3. The Morgan fingerprint density at radius 2 is 1.58 bits per heavy atom. The lowest BCUT2D eigenvalue weighted by Crippen LogP contribution is -2.49. The van der Waals surface area contributed by atoms with E-state index in [4.69, 9.17) is 0 Å². The molecule has 0 saturated carbocycles. The molecule has 2 aromatic carbocycles. The predicted octanol–water partition coefficient (Wildman–Crippen LogP) is 5.82. The molecular weight excluding hydrogens is 410 g/mol. The van der Waals surface area contributed by atoms with Gasteiger partial charge in [-0.3, -0.25) is 14.4 Å². The van der Waals surface area contributed by atoms with Crippen LogP contribution in [0.25, 0.3) is 0 Å². The minimum Gasteiger partial charge on any atom is -0.333 e. The number of likely N-dealkylation sites (tertiary alicyclic amines) is 1. The summed E-state index contributed by atoms with van der Waals surface area (Å²) in [6.07, 6.45) is 7.46. The van der Waals surface area contributed by atoms with Crippen LogP contribution in [-0.4, -0.2) is 35.0 Å². The van der Waals surface area contributed by atoms with Gasteiger partial charge in [-0.2, -0.15) is 0 Å². The van der Waals surface area contributed by atoms with Crippen LogP contribution in [0.2, 0.25) is 0 Å². The summed E-state index contributed by atoms with van der Waals surface area (Å²) in [7, 11) is 0. The van der Waals surface area contributed by atoms with Crippen LogP contribution in [-0.2, 0) is 22.4 Å². The van der Waals surface area contributed by atoms with E-state index in [2.05, 4.69) is 12.1 Å². The standard InChI is InChI=1S/C29H37NO3/c1-29(2,3)27(32)28(33)30-20-10-9-15-25(30)14-8-7-11-22-16-18-24(19-17-22)26(31)21-23-12-5-4-6-13-23/h4-6,12-13,16-19,25H,7-11,14-15,20-21H2,1-3H3. The van der Waals surface area contributed by atoms with Crippen LogP contribution in [0.3, 0.4) is 0 Å². The summed E-state index contributed by atoms with van der Waals surface area (Å²) in [6.45, 7) is 6.13. The van der Waals surface area contributed by atoms with Gasteiger partial charge in [-0.25, -0.2) is 0 Å². The highest BCUT2D eigenvalue weighted by atomic mass is 16.2. The Labute approximate surface area is 198 Å². The van der Waals surface area contributed by atoms with Crippen LogP contribution in [0.5, 0.6) is 0 Å². The predicted molar refractivity (Wildman–Crippen MR) is 132 cm³/mol. The molecule has 1 aliphatic rings. The number of rotatable bonds is 9. The van der Waals surface area contributed by atoms with Gasteiger partial charge in [0.1, 0.15) is 0 Å². The Hall–Kier alpha value is -2.75. The number of carbonyl (C=O) groups is 3. The largest absolute Gasteiger partial charge is 0.333 e. The molecule has 176 valence electrons. The maximum atomic E-state index is 12.8. The Morgan fingerprint density at radius 1 is 0.879 bits per heavy atom. The van der Waals surface area contributed by atoms with Crippen molar-refractivity contribution in [1.29, 1.82) is 0 Å². The van der Waals surface area contributed by atoms with E-state index in [0.717, 1.165) is 56.1 Å². The van der Waals surface area contributed by atoms with Crippen LogP contribution in [0.15, 0.2) is 54.6 Å². The number of ketones is 2. The Morgan fingerprint density at radius 3 is 2.24 bits per heavy atom. The van der Waals surface area contributed by atoms with Gasteiger partial charge in [0.2, 0.25) is 5.78 Å². The van der Waals surface area contributed by atoms with Gasteiger partial charge in [-0.1, -0.05) is 81.8 Å². The highest BCUT2D eigenvalue weighted by Crippen LogP contribution is 2.25. The van der Waals surface area contributed by atoms with Crippen LogP contribution >= 0.6 is 0 Å². The molecule has 4 heteroatoms. The molecule has 0 bridgehead atoms. The molecule has 0 radical (unpaired) electrons. The second-order valence-electron chi connectivity index (χ2n) is 10.3.